The summed E-state index contributed by atoms with van der Waals surface area (Å²) in [6.45, 7) is 4.89. The van der Waals surface area contributed by atoms with E-state index in [0.717, 1.165) is 28.3 Å². The average Bonchev–Trinajstić information content (AvgIpc) is 3.31. The molecular weight excluding hydrogens is 430 g/mol. The van der Waals surface area contributed by atoms with Crippen LogP contribution in [0.5, 0.6) is 5.75 Å². The van der Waals surface area contributed by atoms with Crippen LogP contribution < -0.4 is 5.32 Å². The van der Waals surface area contributed by atoms with Crippen molar-refractivity contribution in [2.75, 3.05) is 0 Å². The number of hydrogen-bond acceptors (Lipinski definition) is 4. The molecule has 0 bridgehead atoms. The van der Waals surface area contributed by atoms with E-state index in [0.29, 0.717) is 11.7 Å². The van der Waals surface area contributed by atoms with E-state index in [1.807, 2.05) is 48.8 Å². The average molecular weight is 456 g/mol. The zero-order chi connectivity index (χ0) is 22.9. The molecule has 0 spiro atoms. The number of pyridine rings is 2. The van der Waals surface area contributed by atoms with Crippen molar-refractivity contribution in [1.29, 1.82) is 0 Å². The summed E-state index contributed by atoms with van der Waals surface area (Å²) < 4.78 is 2.22. The Morgan fingerprint density at radius 1 is 1.03 bits per heavy atom. The van der Waals surface area contributed by atoms with Gasteiger partial charge in [-0.2, -0.15) is 0 Å². The highest BCUT2D eigenvalue weighted by Crippen LogP contribution is 2.42. The minimum Gasteiger partial charge on any atom is -0.508 e. The van der Waals surface area contributed by atoms with E-state index in [-0.39, 0.29) is 17.8 Å². The first-order valence-corrected chi connectivity index (χ1v) is 11.3. The van der Waals surface area contributed by atoms with Crippen molar-refractivity contribution in [3.63, 3.8) is 0 Å². The number of aromatic hydroxyl groups is 1. The second-order valence-electron chi connectivity index (χ2n) is 8.29. The number of phenols is 1. The molecule has 6 nitrogen and oxygen atoms in total. The Hall–Kier alpha value is -3.71. The summed E-state index contributed by atoms with van der Waals surface area (Å²) in [4.78, 5) is 11.2. The molecule has 0 amide bonds. The van der Waals surface area contributed by atoms with Gasteiger partial charge in [-0.05, 0) is 85.7 Å². The number of nitrogens with one attached hydrogen (secondary N) is 1. The van der Waals surface area contributed by atoms with Gasteiger partial charge < -0.3 is 19.9 Å². The van der Waals surface area contributed by atoms with Crippen LogP contribution >= 0.6 is 12.2 Å². The van der Waals surface area contributed by atoms with Gasteiger partial charge in [-0.25, -0.2) is 0 Å². The summed E-state index contributed by atoms with van der Waals surface area (Å²) in [7, 11) is 0. The predicted molar refractivity (Wildman–Crippen MR) is 132 cm³/mol. The van der Waals surface area contributed by atoms with Gasteiger partial charge in [0.05, 0.1) is 17.8 Å². The molecule has 4 aromatic rings. The van der Waals surface area contributed by atoms with Crippen LogP contribution in [0.4, 0.5) is 0 Å². The summed E-state index contributed by atoms with van der Waals surface area (Å²) in [5.74, 6) is 0.254. The fourth-order valence-electron chi connectivity index (χ4n) is 4.69. The zero-order valence-corrected chi connectivity index (χ0v) is 19.3. The second kappa shape index (κ2) is 8.67. The van der Waals surface area contributed by atoms with E-state index in [9.17, 15) is 5.11 Å². The minimum atomic E-state index is -0.0795. The molecule has 3 aromatic heterocycles. The van der Waals surface area contributed by atoms with Gasteiger partial charge in [-0.3, -0.25) is 9.97 Å². The molecule has 1 aliphatic rings. The van der Waals surface area contributed by atoms with Crippen LogP contribution in [0.2, 0.25) is 0 Å². The normalized spacial score (nSPS) is 17.9. The van der Waals surface area contributed by atoms with Gasteiger partial charge in [0, 0.05) is 42.2 Å². The molecule has 1 fully saturated rings. The number of aryl methyl sites for hydroxylation is 1. The number of hydrogen-bond donors (Lipinski definition) is 2. The van der Waals surface area contributed by atoms with E-state index in [2.05, 4.69) is 50.7 Å². The van der Waals surface area contributed by atoms with E-state index in [1.54, 1.807) is 18.3 Å². The van der Waals surface area contributed by atoms with Crippen LogP contribution in [0.15, 0.2) is 79.3 Å². The maximum atomic E-state index is 9.73. The van der Waals surface area contributed by atoms with Crippen LogP contribution in [0.3, 0.4) is 0 Å². The highest BCUT2D eigenvalue weighted by atomic mass is 32.1. The Bertz CT molecular complexity index is 1270. The Morgan fingerprint density at radius 2 is 1.85 bits per heavy atom. The maximum absolute atomic E-state index is 9.73. The third-order valence-electron chi connectivity index (χ3n) is 6.17. The predicted octanol–water partition coefficient (Wildman–Crippen LogP) is 4.76. The van der Waals surface area contributed by atoms with Gasteiger partial charge in [0.2, 0.25) is 0 Å². The molecule has 166 valence electrons. The lowest BCUT2D eigenvalue weighted by Gasteiger charge is -2.28. The molecule has 0 unspecified atom stereocenters. The molecule has 2 atom stereocenters. The SMILES string of the molecule is Cc1cc([C@H]2[C@@H](c3ccccn3)NC(=S)N2Cc2cccnc2)c(C)n1-c1ccc(O)cc1. The van der Waals surface area contributed by atoms with E-state index in [4.69, 9.17) is 12.2 Å². The molecule has 0 radical (unpaired) electrons. The van der Waals surface area contributed by atoms with Crippen molar-refractivity contribution >= 4 is 17.3 Å². The van der Waals surface area contributed by atoms with Gasteiger partial charge in [-0.15, -0.1) is 0 Å². The van der Waals surface area contributed by atoms with Gasteiger partial charge in [0.15, 0.2) is 5.11 Å². The third kappa shape index (κ3) is 3.96. The molecule has 1 saturated heterocycles. The Balaban J connectivity index is 1.61. The van der Waals surface area contributed by atoms with Crippen molar-refractivity contribution < 1.29 is 5.11 Å². The van der Waals surface area contributed by atoms with E-state index in [1.165, 1.54) is 5.56 Å². The summed E-state index contributed by atoms with van der Waals surface area (Å²) >= 11 is 5.82. The summed E-state index contributed by atoms with van der Waals surface area (Å²) in [5.41, 5.74) is 6.50. The molecule has 0 saturated carbocycles. The Kier molecular flexibility index (Phi) is 5.56. The van der Waals surface area contributed by atoms with Crippen LogP contribution in [-0.4, -0.2) is 29.7 Å². The van der Waals surface area contributed by atoms with Gasteiger partial charge in [-0.1, -0.05) is 12.1 Å². The van der Waals surface area contributed by atoms with Crippen molar-refractivity contribution in [3.05, 3.63) is 107 Å². The summed E-state index contributed by atoms with van der Waals surface area (Å²) in [6.07, 6.45) is 5.48. The number of aromatic nitrogens is 3. The fraction of sp³-hybridized carbons (Fsp3) is 0.192. The fourth-order valence-corrected chi connectivity index (χ4v) is 4.99. The van der Waals surface area contributed by atoms with Crippen molar-refractivity contribution in [1.82, 2.24) is 24.8 Å². The zero-order valence-electron chi connectivity index (χ0n) is 18.5. The van der Waals surface area contributed by atoms with Crippen LogP contribution in [-0.2, 0) is 6.54 Å². The first kappa shape index (κ1) is 21.2. The first-order valence-electron chi connectivity index (χ1n) is 10.9. The highest BCUT2D eigenvalue weighted by Gasteiger charge is 2.41. The van der Waals surface area contributed by atoms with E-state index < -0.39 is 0 Å². The Labute approximate surface area is 198 Å². The lowest BCUT2D eigenvalue weighted by molar-refractivity contribution is 0.310. The third-order valence-corrected chi connectivity index (χ3v) is 6.52. The van der Waals surface area contributed by atoms with Crippen molar-refractivity contribution in [3.8, 4) is 11.4 Å². The van der Waals surface area contributed by atoms with Gasteiger partial charge in [0.1, 0.15) is 5.75 Å². The highest BCUT2D eigenvalue weighted by molar-refractivity contribution is 7.80. The summed E-state index contributed by atoms with van der Waals surface area (Å²) in [6, 6.07) is 19.4. The largest absolute Gasteiger partial charge is 0.508 e. The minimum absolute atomic E-state index is 0.0373. The Morgan fingerprint density at radius 3 is 2.55 bits per heavy atom. The van der Waals surface area contributed by atoms with Crippen LogP contribution in [0.1, 0.15) is 40.3 Å². The molecular formula is C26H25N5OS. The van der Waals surface area contributed by atoms with Gasteiger partial charge >= 0.3 is 0 Å². The maximum Gasteiger partial charge on any atom is 0.170 e. The standard InChI is InChI=1S/C26H25N5OS/c1-17-14-22(18(2)31(17)20-8-10-21(32)11-9-20)25-24(23-7-3-4-13-28-23)29-26(33)30(25)16-19-6-5-12-27-15-19/h3-15,24-25,32H,16H2,1-2H3,(H,29,33)/t24-,25+/m1/s1. The van der Waals surface area contributed by atoms with Crippen LogP contribution in [0, 0.1) is 13.8 Å². The van der Waals surface area contributed by atoms with Crippen LogP contribution in [0.25, 0.3) is 5.69 Å². The van der Waals surface area contributed by atoms with E-state index >= 15 is 0 Å². The van der Waals surface area contributed by atoms with Gasteiger partial charge in [0.25, 0.3) is 0 Å². The second-order valence-corrected chi connectivity index (χ2v) is 8.68. The number of rotatable bonds is 5. The van der Waals surface area contributed by atoms with Crippen molar-refractivity contribution in [2.24, 2.45) is 0 Å². The lowest BCUT2D eigenvalue weighted by Crippen LogP contribution is -2.29. The first-order chi connectivity index (χ1) is 16.0. The quantitative estimate of drug-likeness (QED) is 0.423. The molecule has 4 heterocycles. The topological polar surface area (TPSA) is 66.2 Å². The lowest BCUT2D eigenvalue weighted by atomic mass is 9.96. The molecule has 1 aliphatic heterocycles. The monoisotopic (exact) mass is 455 g/mol. The molecule has 7 heteroatoms. The van der Waals surface area contributed by atoms with Crippen molar-refractivity contribution in [2.45, 2.75) is 32.5 Å². The molecule has 0 aliphatic carbocycles. The molecule has 1 aromatic carbocycles. The number of thiocarbonyl (C=S) groups is 1. The number of benzene rings is 1. The summed E-state index contributed by atoms with van der Waals surface area (Å²) in [5, 5.41) is 14.0. The smallest absolute Gasteiger partial charge is 0.170 e. The number of phenolic OH excluding ortho intramolecular Hbond substituents is 1. The molecule has 2 N–H and O–H groups in total. The number of nitrogens with zero attached hydrogens (tertiary/aromatic N) is 4. The molecule has 5 rings (SSSR count). The molecule has 33 heavy (non-hydrogen) atoms.